The van der Waals surface area contributed by atoms with Crippen LogP contribution in [0.3, 0.4) is 0 Å². The van der Waals surface area contributed by atoms with Gasteiger partial charge in [0, 0.05) is 20.2 Å². The molecule has 1 aromatic carbocycles. The van der Waals surface area contributed by atoms with Crippen LogP contribution in [0.1, 0.15) is 10.4 Å². The van der Waals surface area contributed by atoms with Crippen molar-refractivity contribution in [2.24, 2.45) is 0 Å². The molecule has 0 spiro atoms. The number of aromatic carboxylic acids is 1. The third-order valence-electron chi connectivity index (χ3n) is 2.44. The van der Waals surface area contributed by atoms with Crippen LogP contribution in [0.4, 0.5) is 10.1 Å². The van der Waals surface area contributed by atoms with Gasteiger partial charge in [-0.15, -0.1) is 6.58 Å². The van der Waals surface area contributed by atoms with Crippen LogP contribution < -0.4 is 4.90 Å². The molecule has 0 aromatic heterocycles. The number of rotatable bonds is 7. The number of carboxylic acid groups (broad SMARTS) is 1. The molecule has 4 nitrogen and oxygen atoms in total. The Morgan fingerprint density at radius 1 is 1.61 bits per heavy atom. The van der Waals surface area contributed by atoms with Gasteiger partial charge >= 0.3 is 5.97 Å². The average Bonchev–Trinajstić information content (AvgIpc) is 2.34. The van der Waals surface area contributed by atoms with E-state index in [0.29, 0.717) is 25.4 Å². The topological polar surface area (TPSA) is 49.8 Å². The lowest BCUT2D eigenvalue weighted by molar-refractivity contribution is 0.0697. The van der Waals surface area contributed by atoms with Crippen LogP contribution in [0.2, 0.25) is 0 Å². The maximum absolute atomic E-state index is 13.1. The van der Waals surface area contributed by atoms with Gasteiger partial charge in [0.1, 0.15) is 5.82 Å². The number of hydrogen-bond donors (Lipinski definition) is 1. The summed E-state index contributed by atoms with van der Waals surface area (Å²) in [5.41, 5.74) is 0.397. The Labute approximate surface area is 105 Å². The molecule has 0 amide bonds. The standard InChI is InChI=1S/C13H16FNO3/c1-3-6-15(7-8-18-2)12-5-4-10(14)9-11(12)13(16)17/h3-5,9H,1,6-8H2,2H3,(H,16,17). The number of carboxylic acids is 1. The van der Waals surface area contributed by atoms with E-state index in [2.05, 4.69) is 6.58 Å². The molecule has 0 aliphatic heterocycles. The van der Waals surface area contributed by atoms with Crippen molar-refractivity contribution in [1.82, 2.24) is 0 Å². The lowest BCUT2D eigenvalue weighted by Crippen LogP contribution is -2.29. The Hall–Kier alpha value is -1.88. The lowest BCUT2D eigenvalue weighted by atomic mass is 10.1. The van der Waals surface area contributed by atoms with Crippen LogP contribution in [-0.4, -0.2) is 37.9 Å². The van der Waals surface area contributed by atoms with Gasteiger partial charge in [0.15, 0.2) is 0 Å². The summed E-state index contributed by atoms with van der Waals surface area (Å²) < 4.78 is 18.0. The number of hydrogen-bond acceptors (Lipinski definition) is 3. The molecular formula is C13H16FNO3. The van der Waals surface area contributed by atoms with Crippen LogP contribution in [0.25, 0.3) is 0 Å². The zero-order valence-electron chi connectivity index (χ0n) is 10.2. The van der Waals surface area contributed by atoms with Gasteiger partial charge in [-0.2, -0.15) is 0 Å². The molecule has 0 radical (unpaired) electrons. The first-order valence-corrected chi connectivity index (χ1v) is 5.47. The molecule has 0 heterocycles. The lowest BCUT2D eigenvalue weighted by Gasteiger charge is -2.24. The summed E-state index contributed by atoms with van der Waals surface area (Å²) in [7, 11) is 1.56. The molecule has 1 N–H and O–H groups in total. The van der Waals surface area contributed by atoms with Crippen LogP contribution >= 0.6 is 0 Å². The largest absolute Gasteiger partial charge is 0.478 e. The second kappa shape index (κ2) is 6.76. The summed E-state index contributed by atoms with van der Waals surface area (Å²) in [6.45, 7) is 5.05. The van der Waals surface area contributed by atoms with E-state index in [1.165, 1.54) is 12.1 Å². The SMILES string of the molecule is C=CCN(CCOC)c1ccc(F)cc1C(=O)O. The molecule has 0 unspecified atom stereocenters. The zero-order chi connectivity index (χ0) is 13.5. The fourth-order valence-corrected chi connectivity index (χ4v) is 1.62. The molecule has 5 heteroatoms. The molecule has 0 atom stereocenters. The Bertz CT molecular complexity index is 434. The van der Waals surface area contributed by atoms with Crippen LogP contribution in [0.15, 0.2) is 30.9 Å². The number of ether oxygens (including phenoxy) is 1. The molecule has 0 bridgehead atoms. The monoisotopic (exact) mass is 253 g/mol. The van der Waals surface area contributed by atoms with Crippen molar-refractivity contribution in [3.8, 4) is 0 Å². The first kappa shape index (κ1) is 14.2. The molecule has 0 saturated carbocycles. The van der Waals surface area contributed by atoms with Gasteiger partial charge in [-0.25, -0.2) is 9.18 Å². The third kappa shape index (κ3) is 3.56. The van der Waals surface area contributed by atoms with Crippen molar-refractivity contribution in [3.05, 3.63) is 42.2 Å². The molecule has 1 rings (SSSR count). The van der Waals surface area contributed by atoms with Crippen LogP contribution in [-0.2, 0) is 4.74 Å². The van der Waals surface area contributed by atoms with Crippen LogP contribution in [0.5, 0.6) is 0 Å². The van der Waals surface area contributed by atoms with Crippen molar-refractivity contribution >= 4 is 11.7 Å². The van der Waals surface area contributed by atoms with Crippen molar-refractivity contribution < 1.29 is 19.0 Å². The van der Waals surface area contributed by atoms with Gasteiger partial charge in [0.05, 0.1) is 17.9 Å². The van der Waals surface area contributed by atoms with E-state index >= 15 is 0 Å². The minimum atomic E-state index is -1.16. The van der Waals surface area contributed by atoms with Gasteiger partial charge in [-0.3, -0.25) is 0 Å². The Kier molecular flexibility index (Phi) is 5.32. The summed E-state index contributed by atoms with van der Waals surface area (Å²) in [5.74, 6) is -1.72. The van der Waals surface area contributed by atoms with Gasteiger partial charge < -0.3 is 14.7 Å². The fraction of sp³-hybridized carbons (Fsp3) is 0.308. The maximum Gasteiger partial charge on any atom is 0.337 e. The van der Waals surface area contributed by atoms with E-state index in [9.17, 15) is 9.18 Å². The van der Waals surface area contributed by atoms with E-state index in [1.807, 2.05) is 0 Å². The van der Waals surface area contributed by atoms with E-state index in [4.69, 9.17) is 9.84 Å². The Morgan fingerprint density at radius 3 is 2.89 bits per heavy atom. The maximum atomic E-state index is 13.1. The smallest absolute Gasteiger partial charge is 0.337 e. The zero-order valence-corrected chi connectivity index (χ0v) is 10.2. The predicted molar refractivity (Wildman–Crippen MR) is 67.6 cm³/mol. The number of nitrogens with zero attached hydrogens (tertiary/aromatic N) is 1. The molecule has 18 heavy (non-hydrogen) atoms. The van der Waals surface area contributed by atoms with Gasteiger partial charge in [-0.1, -0.05) is 6.08 Å². The number of methoxy groups -OCH3 is 1. The molecular weight excluding hydrogens is 237 g/mol. The fourth-order valence-electron chi connectivity index (χ4n) is 1.62. The number of halogens is 1. The summed E-state index contributed by atoms with van der Waals surface area (Å²) in [4.78, 5) is 12.9. The van der Waals surface area contributed by atoms with E-state index in [0.717, 1.165) is 6.07 Å². The van der Waals surface area contributed by atoms with Gasteiger partial charge in [0.2, 0.25) is 0 Å². The average molecular weight is 253 g/mol. The van der Waals surface area contributed by atoms with Crippen molar-refractivity contribution in [3.63, 3.8) is 0 Å². The predicted octanol–water partition coefficient (Wildman–Crippen LogP) is 2.16. The van der Waals surface area contributed by atoms with Crippen molar-refractivity contribution in [2.75, 3.05) is 31.7 Å². The summed E-state index contributed by atoms with van der Waals surface area (Å²) in [6.07, 6.45) is 1.66. The highest BCUT2D eigenvalue weighted by Crippen LogP contribution is 2.21. The normalized spacial score (nSPS) is 10.1. The number of anilines is 1. The van der Waals surface area contributed by atoms with Crippen molar-refractivity contribution in [1.29, 1.82) is 0 Å². The van der Waals surface area contributed by atoms with Crippen molar-refractivity contribution in [2.45, 2.75) is 0 Å². The van der Waals surface area contributed by atoms with E-state index < -0.39 is 11.8 Å². The summed E-state index contributed by atoms with van der Waals surface area (Å²) in [6, 6.07) is 3.71. The summed E-state index contributed by atoms with van der Waals surface area (Å²) >= 11 is 0. The van der Waals surface area contributed by atoms with E-state index in [1.54, 1.807) is 18.1 Å². The molecule has 0 saturated heterocycles. The minimum absolute atomic E-state index is 0.0621. The van der Waals surface area contributed by atoms with Crippen LogP contribution in [0, 0.1) is 5.82 Å². The highest BCUT2D eigenvalue weighted by Gasteiger charge is 2.16. The molecule has 98 valence electrons. The molecule has 0 aliphatic carbocycles. The second-order valence-corrected chi connectivity index (χ2v) is 3.69. The second-order valence-electron chi connectivity index (χ2n) is 3.69. The summed E-state index contributed by atoms with van der Waals surface area (Å²) in [5, 5.41) is 9.08. The third-order valence-corrected chi connectivity index (χ3v) is 2.44. The quantitative estimate of drug-likeness (QED) is 0.756. The number of carbonyl (C=O) groups is 1. The van der Waals surface area contributed by atoms with Gasteiger partial charge in [-0.05, 0) is 18.2 Å². The molecule has 1 aromatic rings. The number of benzene rings is 1. The highest BCUT2D eigenvalue weighted by molar-refractivity contribution is 5.94. The first-order chi connectivity index (χ1) is 8.60. The molecule has 0 aliphatic rings. The highest BCUT2D eigenvalue weighted by atomic mass is 19.1. The van der Waals surface area contributed by atoms with Gasteiger partial charge in [0.25, 0.3) is 0 Å². The first-order valence-electron chi connectivity index (χ1n) is 5.47. The molecule has 0 fully saturated rings. The minimum Gasteiger partial charge on any atom is -0.478 e. The Morgan fingerprint density at radius 2 is 2.33 bits per heavy atom. The Balaban J connectivity index is 3.09. The van der Waals surface area contributed by atoms with E-state index in [-0.39, 0.29) is 5.56 Å².